The second-order valence-electron chi connectivity index (χ2n) is 10.2. The molecule has 8 aromatic rings. The second-order valence-corrected chi connectivity index (χ2v) is 11.3. The molecule has 0 saturated heterocycles. The zero-order chi connectivity index (χ0) is 26.5. The van der Waals surface area contributed by atoms with Crippen LogP contribution >= 0.6 is 11.3 Å². The van der Waals surface area contributed by atoms with Crippen molar-refractivity contribution in [1.82, 2.24) is 0 Å². The molecule has 0 spiro atoms. The average molecular weight is 528 g/mol. The first kappa shape index (κ1) is 23.0. The molecule has 1 nitrogen and oxygen atoms in total. The molecule has 0 atom stereocenters. The van der Waals surface area contributed by atoms with Crippen molar-refractivity contribution in [2.24, 2.45) is 0 Å². The number of rotatable bonds is 4. The van der Waals surface area contributed by atoms with Crippen molar-refractivity contribution in [1.29, 1.82) is 0 Å². The lowest BCUT2D eigenvalue weighted by Crippen LogP contribution is -2.10. The fourth-order valence-electron chi connectivity index (χ4n) is 5.96. The molecule has 0 radical (unpaired) electrons. The summed E-state index contributed by atoms with van der Waals surface area (Å²) in [5, 5.41) is 8.91. The molecular formula is C38H25NS. The van der Waals surface area contributed by atoms with Crippen LogP contribution in [0.3, 0.4) is 0 Å². The van der Waals surface area contributed by atoms with Crippen molar-refractivity contribution in [3.05, 3.63) is 152 Å². The zero-order valence-electron chi connectivity index (χ0n) is 21.8. The van der Waals surface area contributed by atoms with Gasteiger partial charge in [-0.15, -0.1) is 11.3 Å². The van der Waals surface area contributed by atoms with Crippen molar-refractivity contribution < 1.29 is 0 Å². The Bertz CT molecular complexity index is 2090. The largest absolute Gasteiger partial charge is 0.310 e. The van der Waals surface area contributed by atoms with Gasteiger partial charge in [-0.2, -0.15) is 0 Å². The molecule has 0 aliphatic carbocycles. The molecule has 0 aliphatic rings. The topological polar surface area (TPSA) is 3.24 Å². The molecule has 40 heavy (non-hydrogen) atoms. The van der Waals surface area contributed by atoms with Crippen LogP contribution in [0, 0.1) is 0 Å². The summed E-state index contributed by atoms with van der Waals surface area (Å²) < 4.78 is 1.33. The first-order valence-corrected chi connectivity index (χ1v) is 14.4. The average Bonchev–Trinajstić information content (AvgIpc) is 3.45. The van der Waals surface area contributed by atoms with E-state index in [1.54, 1.807) is 0 Å². The molecule has 1 aromatic heterocycles. The number of hydrogen-bond donors (Lipinski definition) is 0. The Kier molecular flexibility index (Phi) is 5.39. The lowest BCUT2D eigenvalue weighted by molar-refractivity contribution is 1.30. The van der Waals surface area contributed by atoms with Crippen LogP contribution in [0.25, 0.3) is 52.8 Å². The van der Waals surface area contributed by atoms with Crippen LogP contribution in [-0.2, 0) is 0 Å². The molecule has 0 amide bonds. The van der Waals surface area contributed by atoms with E-state index in [9.17, 15) is 0 Å². The summed E-state index contributed by atoms with van der Waals surface area (Å²) in [6.45, 7) is 0. The maximum Gasteiger partial charge on any atom is 0.0540 e. The standard InChI is InChI=1S/C38H25NS/c1-3-13-29(14-4-1)39(30-15-5-2-6-16-30)36-19-10-17-31-32(36)22-21-27-23-26-12-9-18-33(35(26)25-34(27)31)38-24-28-11-7-8-20-37(28)40-38/h1-25H. The monoisotopic (exact) mass is 527 g/mol. The molecule has 0 unspecified atom stereocenters. The van der Waals surface area contributed by atoms with Gasteiger partial charge in [0, 0.05) is 26.3 Å². The molecule has 0 bridgehead atoms. The Hall–Kier alpha value is -4.92. The Labute approximate surface area is 237 Å². The van der Waals surface area contributed by atoms with Crippen molar-refractivity contribution in [2.45, 2.75) is 0 Å². The smallest absolute Gasteiger partial charge is 0.0540 e. The van der Waals surface area contributed by atoms with Crippen LogP contribution in [0.2, 0.25) is 0 Å². The summed E-state index contributed by atoms with van der Waals surface area (Å²) in [7, 11) is 0. The summed E-state index contributed by atoms with van der Waals surface area (Å²) in [6, 6.07) is 55.0. The molecule has 0 N–H and O–H groups in total. The minimum absolute atomic E-state index is 1.15. The third kappa shape index (κ3) is 3.77. The van der Waals surface area contributed by atoms with Crippen LogP contribution in [0.15, 0.2) is 152 Å². The SMILES string of the molecule is c1ccc(N(c2ccccc2)c2cccc3c2ccc2cc4cccc(-c5cc6ccccc6s5)c4cc23)cc1. The van der Waals surface area contributed by atoms with E-state index in [1.807, 2.05) is 11.3 Å². The van der Waals surface area contributed by atoms with Gasteiger partial charge < -0.3 is 4.90 Å². The van der Waals surface area contributed by atoms with Gasteiger partial charge in [-0.05, 0) is 92.5 Å². The molecule has 1 heterocycles. The summed E-state index contributed by atoms with van der Waals surface area (Å²) in [4.78, 5) is 3.67. The number of nitrogens with zero attached hydrogens (tertiary/aromatic N) is 1. The summed E-state index contributed by atoms with van der Waals surface area (Å²) >= 11 is 1.87. The molecular weight excluding hydrogens is 502 g/mol. The van der Waals surface area contributed by atoms with Gasteiger partial charge in [0.05, 0.1) is 5.69 Å². The predicted molar refractivity (Wildman–Crippen MR) is 174 cm³/mol. The fourth-order valence-corrected chi connectivity index (χ4v) is 7.06. The highest BCUT2D eigenvalue weighted by atomic mass is 32.1. The normalized spacial score (nSPS) is 11.5. The Morgan fingerprint density at radius 3 is 1.85 bits per heavy atom. The highest BCUT2D eigenvalue weighted by Gasteiger charge is 2.16. The number of thiophene rings is 1. The summed E-state index contributed by atoms with van der Waals surface area (Å²) in [5.74, 6) is 0. The van der Waals surface area contributed by atoms with Crippen molar-refractivity contribution >= 4 is 70.8 Å². The molecule has 8 rings (SSSR count). The minimum atomic E-state index is 1.15. The number of anilines is 3. The van der Waals surface area contributed by atoms with E-state index in [0.717, 1.165) is 11.4 Å². The van der Waals surface area contributed by atoms with E-state index in [0.29, 0.717) is 0 Å². The van der Waals surface area contributed by atoms with Crippen molar-refractivity contribution in [3.63, 3.8) is 0 Å². The van der Waals surface area contributed by atoms with Gasteiger partial charge in [-0.3, -0.25) is 0 Å². The van der Waals surface area contributed by atoms with Gasteiger partial charge in [-0.25, -0.2) is 0 Å². The highest BCUT2D eigenvalue weighted by molar-refractivity contribution is 7.22. The number of para-hydroxylation sites is 2. The predicted octanol–water partition coefficient (Wildman–Crippen LogP) is 11.5. The second kappa shape index (κ2) is 9.37. The van der Waals surface area contributed by atoms with Gasteiger partial charge in [0.1, 0.15) is 0 Å². The van der Waals surface area contributed by atoms with Crippen molar-refractivity contribution in [2.75, 3.05) is 4.90 Å². The quantitative estimate of drug-likeness (QED) is 0.162. The van der Waals surface area contributed by atoms with E-state index >= 15 is 0 Å². The third-order valence-electron chi connectivity index (χ3n) is 7.81. The molecule has 7 aromatic carbocycles. The van der Waals surface area contributed by atoms with Crippen LogP contribution in [0.5, 0.6) is 0 Å². The van der Waals surface area contributed by atoms with E-state index in [1.165, 1.54) is 58.5 Å². The van der Waals surface area contributed by atoms with Crippen LogP contribution in [0.1, 0.15) is 0 Å². The van der Waals surface area contributed by atoms with Gasteiger partial charge >= 0.3 is 0 Å². The van der Waals surface area contributed by atoms with E-state index in [-0.39, 0.29) is 0 Å². The minimum Gasteiger partial charge on any atom is -0.310 e. The maximum atomic E-state index is 2.41. The molecule has 188 valence electrons. The Balaban J connectivity index is 1.38. The molecule has 0 saturated carbocycles. The Morgan fingerprint density at radius 1 is 0.400 bits per heavy atom. The lowest BCUT2D eigenvalue weighted by Gasteiger charge is -2.27. The highest BCUT2D eigenvalue weighted by Crippen LogP contribution is 2.43. The van der Waals surface area contributed by atoms with Crippen LogP contribution in [0.4, 0.5) is 17.1 Å². The van der Waals surface area contributed by atoms with Gasteiger partial charge in [0.15, 0.2) is 0 Å². The molecule has 0 fully saturated rings. The van der Waals surface area contributed by atoms with E-state index < -0.39 is 0 Å². The first-order chi connectivity index (χ1) is 19.8. The number of benzene rings is 7. The summed E-state index contributed by atoms with van der Waals surface area (Å²) in [6.07, 6.45) is 0. The zero-order valence-corrected chi connectivity index (χ0v) is 22.6. The third-order valence-corrected chi connectivity index (χ3v) is 8.96. The van der Waals surface area contributed by atoms with Gasteiger partial charge in [0.25, 0.3) is 0 Å². The lowest BCUT2D eigenvalue weighted by atomic mass is 9.94. The van der Waals surface area contributed by atoms with E-state index in [2.05, 4.69) is 157 Å². The number of hydrogen-bond acceptors (Lipinski definition) is 2. The van der Waals surface area contributed by atoms with Crippen molar-refractivity contribution in [3.8, 4) is 10.4 Å². The molecule has 0 aliphatic heterocycles. The van der Waals surface area contributed by atoms with Gasteiger partial charge in [-0.1, -0.05) is 97.1 Å². The number of fused-ring (bicyclic) bond motifs is 5. The maximum absolute atomic E-state index is 2.41. The molecule has 2 heteroatoms. The van der Waals surface area contributed by atoms with Crippen LogP contribution in [-0.4, -0.2) is 0 Å². The Morgan fingerprint density at radius 2 is 1.07 bits per heavy atom. The summed E-state index contributed by atoms with van der Waals surface area (Å²) in [5.41, 5.74) is 4.76. The van der Waals surface area contributed by atoms with Gasteiger partial charge in [0.2, 0.25) is 0 Å². The van der Waals surface area contributed by atoms with E-state index in [4.69, 9.17) is 0 Å². The first-order valence-electron chi connectivity index (χ1n) is 13.6. The van der Waals surface area contributed by atoms with Crippen LogP contribution < -0.4 is 4.90 Å². The fraction of sp³-hybridized carbons (Fsp3) is 0.